The van der Waals surface area contributed by atoms with Gasteiger partial charge in [0, 0.05) is 11.4 Å². The van der Waals surface area contributed by atoms with Crippen molar-refractivity contribution in [2.75, 3.05) is 16.0 Å². The molecule has 3 N–H and O–H groups in total. The van der Waals surface area contributed by atoms with Crippen molar-refractivity contribution in [2.45, 2.75) is 0 Å². The Hall–Kier alpha value is -3.81. The van der Waals surface area contributed by atoms with E-state index in [-0.39, 0.29) is 21.4 Å². The molecule has 32 heavy (non-hydrogen) atoms. The number of esters is 1. The Morgan fingerprint density at radius 3 is 2.19 bits per heavy atom. The quantitative estimate of drug-likeness (QED) is 0.246. The number of rotatable bonds is 5. The predicted octanol–water partition coefficient (Wildman–Crippen LogP) is 4.58. The number of carbonyl (C=O) groups is 3. The summed E-state index contributed by atoms with van der Waals surface area (Å²) in [4.78, 5) is 38.6. The van der Waals surface area contributed by atoms with Crippen LogP contribution in [-0.4, -0.2) is 17.8 Å². The fourth-order valence-electron chi connectivity index (χ4n) is 3.00. The number of hydrogen-bond acceptors (Lipinski definition) is 6. The Morgan fingerprint density at radius 1 is 0.875 bits per heavy atom. The molecule has 0 atom stereocenters. The minimum absolute atomic E-state index is 0.0891. The van der Waals surface area contributed by atoms with Gasteiger partial charge < -0.3 is 15.8 Å². The van der Waals surface area contributed by atoms with E-state index < -0.39 is 17.8 Å². The second-order valence-electron chi connectivity index (χ2n) is 6.75. The summed E-state index contributed by atoms with van der Waals surface area (Å²) in [5, 5.41) is 2.82. The summed E-state index contributed by atoms with van der Waals surface area (Å²) in [6.45, 7) is 0. The van der Waals surface area contributed by atoms with E-state index >= 15 is 0 Å². The largest absolute Gasteiger partial charge is 0.423 e. The molecule has 0 aliphatic carbocycles. The maximum atomic E-state index is 12.8. The summed E-state index contributed by atoms with van der Waals surface area (Å²) in [6.07, 6.45) is 0. The standard InChI is InChI=1S/C23H15Cl2N3O4/c24-17-3-1-2-4-18(17)28-21(29)19(25)20(22(28)30)27-15-9-5-13(6-10-15)23(31)32-16-11-7-14(26)8-12-16/h1-12,27H,26H2. The van der Waals surface area contributed by atoms with Crippen LogP contribution in [0.4, 0.5) is 17.1 Å². The smallest absolute Gasteiger partial charge is 0.343 e. The molecule has 0 bridgehead atoms. The molecule has 160 valence electrons. The van der Waals surface area contributed by atoms with Crippen molar-refractivity contribution in [1.29, 1.82) is 0 Å². The third-order valence-electron chi connectivity index (χ3n) is 4.60. The van der Waals surface area contributed by atoms with Gasteiger partial charge in [-0.25, -0.2) is 9.69 Å². The van der Waals surface area contributed by atoms with E-state index in [1.165, 1.54) is 12.1 Å². The highest BCUT2D eigenvalue weighted by Crippen LogP contribution is 2.34. The number of nitrogens with one attached hydrogen (secondary N) is 1. The van der Waals surface area contributed by atoms with E-state index in [4.69, 9.17) is 33.7 Å². The zero-order valence-electron chi connectivity index (χ0n) is 16.3. The van der Waals surface area contributed by atoms with E-state index in [9.17, 15) is 14.4 Å². The van der Waals surface area contributed by atoms with E-state index in [1.807, 2.05) is 0 Å². The van der Waals surface area contributed by atoms with E-state index in [1.54, 1.807) is 60.7 Å². The minimum atomic E-state index is -0.684. The number of amides is 2. The van der Waals surface area contributed by atoms with Crippen molar-refractivity contribution in [3.8, 4) is 5.75 Å². The second-order valence-corrected chi connectivity index (χ2v) is 7.53. The summed E-state index contributed by atoms with van der Waals surface area (Å²) in [5.41, 5.74) is 7.06. The van der Waals surface area contributed by atoms with E-state index in [0.29, 0.717) is 22.7 Å². The molecule has 1 aliphatic rings. The Balaban J connectivity index is 1.49. The minimum Gasteiger partial charge on any atom is -0.423 e. The van der Waals surface area contributed by atoms with Gasteiger partial charge in [0.05, 0.1) is 16.3 Å². The molecule has 0 saturated heterocycles. The van der Waals surface area contributed by atoms with Gasteiger partial charge in [0.25, 0.3) is 11.8 Å². The first-order valence-corrected chi connectivity index (χ1v) is 10.1. The molecule has 0 spiro atoms. The van der Waals surface area contributed by atoms with Gasteiger partial charge in [-0.2, -0.15) is 0 Å². The molecule has 7 nitrogen and oxygen atoms in total. The first-order valence-electron chi connectivity index (χ1n) is 9.33. The molecule has 3 aromatic carbocycles. The third kappa shape index (κ3) is 4.16. The van der Waals surface area contributed by atoms with Gasteiger partial charge in [0.2, 0.25) is 0 Å². The van der Waals surface area contributed by atoms with Crippen LogP contribution in [0.15, 0.2) is 83.5 Å². The number of para-hydroxylation sites is 1. The number of benzene rings is 3. The zero-order valence-corrected chi connectivity index (χ0v) is 17.9. The third-order valence-corrected chi connectivity index (χ3v) is 5.27. The number of carbonyl (C=O) groups excluding carboxylic acids is 3. The van der Waals surface area contributed by atoms with Crippen LogP contribution in [0.2, 0.25) is 5.02 Å². The molecule has 4 rings (SSSR count). The number of imide groups is 1. The molecular weight excluding hydrogens is 453 g/mol. The summed E-state index contributed by atoms with van der Waals surface area (Å²) >= 11 is 12.3. The number of nitrogen functional groups attached to an aromatic ring is 1. The van der Waals surface area contributed by atoms with Crippen molar-refractivity contribution in [1.82, 2.24) is 0 Å². The lowest BCUT2D eigenvalue weighted by molar-refractivity contribution is -0.120. The van der Waals surface area contributed by atoms with Crippen LogP contribution in [-0.2, 0) is 9.59 Å². The van der Waals surface area contributed by atoms with Crippen molar-refractivity contribution >= 4 is 58.0 Å². The van der Waals surface area contributed by atoms with Crippen LogP contribution in [0.25, 0.3) is 0 Å². The highest BCUT2D eigenvalue weighted by atomic mass is 35.5. The van der Waals surface area contributed by atoms with E-state index in [2.05, 4.69) is 5.32 Å². The highest BCUT2D eigenvalue weighted by molar-refractivity contribution is 6.53. The number of anilines is 3. The van der Waals surface area contributed by atoms with Crippen molar-refractivity contribution < 1.29 is 19.1 Å². The molecule has 0 radical (unpaired) electrons. The number of ether oxygens (including phenoxy) is 1. The van der Waals surface area contributed by atoms with Crippen molar-refractivity contribution in [3.63, 3.8) is 0 Å². The summed E-state index contributed by atoms with van der Waals surface area (Å²) in [6, 6.07) is 19.0. The second kappa shape index (κ2) is 8.74. The lowest BCUT2D eigenvalue weighted by Gasteiger charge is -2.16. The lowest BCUT2D eigenvalue weighted by atomic mass is 10.2. The molecule has 0 fully saturated rings. The molecule has 0 saturated carbocycles. The fraction of sp³-hybridized carbons (Fsp3) is 0. The summed E-state index contributed by atoms with van der Waals surface area (Å²) in [5.74, 6) is -1.52. The molecule has 1 heterocycles. The van der Waals surface area contributed by atoms with Crippen LogP contribution in [0, 0.1) is 0 Å². The average molecular weight is 468 g/mol. The zero-order chi connectivity index (χ0) is 22.8. The number of hydrogen-bond donors (Lipinski definition) is 2. The normalized spacial score (nSPS) is 13.5. The number of nitrogens with zero attached hydrogens (tertiary/aromatic N) is 1. The average Bonchev–Trinajstić information content (AvgIpc) is 2.99. The number of halogens is 2. The first-order chi connectivity index (χ1) is 15.3. The Morgan fingerprint density at radius 2 is 1.53 bits per heavy atom. The lowest BCUT2D eigenvalue weighted by Crippen LogP contribution is -2.32. The molecule has 0 unspecified atom stereocenters. The highest BCUT2D eigenvalue weighted by Gasteiger charge is 2.39. The van der Waals surface area contributed by atoms with Gasteiger partial charge in [-0.05, 0) is 60.7 Å². The van der Waals surface area contributed by atoms with Crippen molar-refractivity contribution in [2.24, 2.45) is 0 Å². The van der Waals surface area contributed by atoms with Gasteiger partial charge in [-0.15, -0.1) is 0 Å². The molecule has 0 aromatic heterocycles. The number of nitrogens with two attached hydrogens (primary N) is 1. The molecule has 9 heteroatoms. The van der Waals surface area contributed by atoms with Crippen molar-refractivity contribution in [3.05, 3.63) is 94.1 Å². The predicted molar refractivity (Wildman–Crippen MR) is 123 cm³/mol. The molecule has 1 aliphatic heterocycles. The Labute approximate surface area is 193 Å². The Bertz CT molecular complexity index is 1250. The monoisotopic (exact) mass is 467 g/mol. The molecule has 3 aromatic rings. The molecule has 2 amide bonds. The van der Waals surface area contributed by atoms with Crippen LogP contribution >= 0.6 is 23.2 Å². The van der Waals surface area contributed by atoms with E-state index in [0.717, 1.165) is 4.90 Å². The first kappa shape index (κ1) is 21.4. The fourth-order valence-corrected chi connectivity index (χ4v) is 3.43. The van der Waals surface area contributed by atoms with Gasteiger partial charge in [-0.1, -0.05) is 35.3 Å². The van der Waals surface area contributed by atoms with Crippen LogP contribution < -0.4 is 20.7 Å². The van der Waals surface area contributed by atoms with Gasteiger partial charge in [0.15, 0.2) is 0 Å². The van der Waals surface area contributed by atoms with Gasteiger partial charge in [0.1, 0.15) is 16.5 Å². The summed E-state index contributed by atoms with van der Waals surface area (Å²) in [7, 11) is 0. The van der Waals surface area contributed by atoms with Crippen LogP contribution in [0.5, 0.6) is 5.75 Å². The Kier molecular flexibility index (Phi) is 5.85. The summed E-state index contributed by atoms with van der Waals surface area (Å²) < 4.78 is 5.29. The maximum Gasteiger partial charge on any atom is 0.343 e. The molecular formula is C23H15Cl2N3O4. The van der Waals surface area contributed by atoms with Crippen LogP contribution in [0.3, 0.4) is 0 Å². The van der Waals surface area contributed by atoms with Gasteiger partial charge in [-0.3, -0.25) is 9.59 Å². The van der Waals surface area contributed by atoms with Crippen LogP contribution in [0.1, 0.15) is 10.4 Å². The SMILES string of the molecule is Nc1ccc(OC(=O)c2ccc(NC3=C(Cl)C(=O)N(c4ccccc4Cl)C3=O)cc2)cc1. The topological polar surface area (TPSA) is 102 Å². The maximum absolute atomic E-state index is 12.8. The van der Waals surface area contributed by atoms with Gasteiger partial charge >= 0.3 is 5.97 Å².